The van der Waals surface area contributed by atoms with Crippen LogP contribution in [0.15, 0.2) is 24.3 Å². The lowest BCUT2D eigenvalue weighted by Gasteiger charge is -2.31. The standard InChI is InChI=1S/C28H38N4O3/c1-28(2)12-11-22-25(17-28)30-31-26(22)24-15-19-5-8-20(16-23(19)29-24)32(13-14-34-3)27(33)18-6-9-21(35-4)10-7-18/h5,8,15-16,18,21,29H,6-7,9-14,17H2,1-4H3,(H,30,31)/t18-,21+. The molecule has 2 heterocycles. The third-order valence-corrected chi connectivity index (χ3v) is 7.97. The van der Waals surface area contributed by atoms with Crippen molar-refractivity contribution in [1.82, 2.24) is 15.2 Å². The van der Waals surface area contributed by atoms with E-state index in [0.29, 0.717) is 18.6 Å². The van der Waals surface area contributed by atoms with Gasteiger partial charge < -0.3 is 19.4 Å². The molecule has 0 atom stereocenters. The third kappa shape index (κ3) is 4.89. The van der Waals surface area contributed by atoms with Crippen LogP contribution in [0.25, 0.3) is 22.3 Å². The Morgan fingerprint density at radius 3 is 2.71 bits per heavy atom. The van der Waals surface area contributed by atoms with E-state index in [1.165, 1.54) is 17.7 Å². The first kappa shape index (κ1) is 24.1. The lowest BCUT2D eigenvalue weighted by molar-refractivity contribution is -0.124. The van der Waals surface area contributed by atoms with E-state index in [1.54, 1.807) is 14.2 Å². The molecule has 2 N–H and O–H groups in total. The molecule has 0 unspecified atom stereocenters. The molecule has 188 valence electrons. The second-order valence-corrected chi connectivity index (χ2v) is 11.0. The van der Waals surface area contributed by atoms with Crippen LogP contribution < -0.4 is 4.90 Å². The van der Waals surface area contributed by atoms with Gasteiger partial charge in [-0.25, -0.2) is 0 Å². The predicted octanol–water partition coefficient (Wildman–Crippen LogP) is 5.26. The molecule has 7 heteroatoms. The minimum Gasteiger partial charge on any atom is -0.383 e. The van der Waals surface area contributed by atoms with E-state index in [2.05, 4.69) is 53.3 Å². The average Bonchev–Trinajstić information content (AvgIpc) is 3.46. The van der Waals surface area contributed by atoms with Gasteiger partial charge in [-0.1, -0.05) is 19.9 Å². The first-order valence-corrected chi connectivity index (χ1v) is 12.9. The number of carbonyl (C=O) groups excluding carboxylic acids is 1. The quantitative estimate of drug-likeness (QED) is 0.485. The van der Waals surface area contributed by atoms with Gasteiger partial charge in [0.25, 0.3) is 0 Å². The summed E-state index contributed by atoms with van der Waals surface area (Å²) in [7, 11) is 3.44. The third-order valence-electron chi connectivity index (χ3n) is 7.97. The van der Waals surface area contributed by atoms with Crippen molar-refractivity contribution in [3.63, 3.8) is 0 Å². The van der Waals surface area contributed by atoms with E-state index < -0.39 is 0 Å². The monoisotopic (exact) mass is 478 g/mol. The van der Waals surface area contributed by atoms with Crippen LogP contribution in [0.2, 0.25) is 0 Å². The maximum Gasteiger partial charge on any atom is 0.230 e. The molecule has 2 aromatic heterocycles. The van der Waals surface area contributed by atoms with Gasteiger partial charge in [0, 0.05) is 54.5 Å². The number of anilines is 1. The SMILES string of the molecule is COCCN(c1ccc2cc(-c3n[nH]c4c3CCC(C)(C)C4)[nH]c2c1)C(=O)[C@H]1CC[C@@H](OC)CC1. The van der Waals surface area contributed by atoms with Gasteiger partial charge >= 0.3 is 0 Å². The van der Waals surface area contributed by atoms with Crippen molar-refractivity contribution >= 4 is 22.5 Å². The average molecular weight is 479 g/mol. The fourth-order valence-electron chi connectivity index (χ4n) is 5.80. The van der Waals surface area contributed by atoms with E-state index in [0.717, 1.165) is 66.5 Å². The number of fused-ring (bicyclic) bond motifs is 2. The molecule has 0 spiro atoms. The maximum absolute atomic E-state index is 13.5. The molecule has 1 aromatic carbocycles. The number of H-pyrrole nitrogens is 2. The zero-order valence-electron chi connectivity index (χ0n) is 21.4. The van der Waals surface area contributed by atoms with Crippen LogP contribution in [0.5, 0.6) is 0 Å². The molecule has 35 heavy (non-hydrogen) atoms. The van der Waals surface area contributed by atoms with Gasteiger partial charge in [-0.3, -0.25) is 9.89 Å². The summed E-state index contributed by atoms with van der Waals surface area (Å²) in [5.41, 5.74) is 6.89. The van der Waals surface area contributed by atoms with E-state index in [-0.39, 0.29) is 17.9 Å². The summed E-state index contributed by atoms with van der Waals surface area (Å²) in [4.78, 5) is 19.0. The van der Waals surface area contributed by atoms with E-state index in [9.17, 15) is 4.79 Å². The highest BCUT2D eigenvalue weighted by atomic mass is 16.5. The fourth-order valence-corrected chi connectivity index (χ4v) is 5.80. The first-order valence-electron chi connectivity index (χ1n) is 12.9. The number of methoxy groups -OCH3 is 2. The minimum absolute atomic E-state index is 0.0352. The highest BCUT2D eigenvalue weighted by Gasteiger charge is 2.31. The Kier molecular flexibility index (Phi) is 6.73. The molecule has 0 saturated heterocycles. The fraction of sp³-hybridized carbons (Fsp3) is 0.571. The highest BCUT2D eigenvalue weighted by molar-refractivity contribution is 5.98. The summed E-state index contributed by atoms with van der Waals surface area (Å²) in [5.74, 6) is 0.222. The molecule has 0 bridgehead atoms. The van der Waals surface area contributed by atoms with Gasteiger partial charge in [-0.05, 0) is 68.6 Å². The molecular weight excluding hydrogens is 440 g/mol. The van der Waals surface area contributed by atoms with Gasteiger partial charge in [0.05, 0.1) is 18.4 Å². The first-order chi connectivity index (χ1) is 16.9. The Balaban J connectivity index is 1.41. The summed E-state index contributed by atoms with van der Waals surface area (Å²) in [6.07, 6.45) is 7.14. The number of rotatable bonds is 7. The van der Waals surface area contributed by atoms with Gasteiger partial charge in [-0.2, -0.15) is 5.10 Å². The molecule has 2 aliphatic rings. The van der Waals surface area contributed by atoms with Crippen molar-refractivity contribution < 1.29 is 14.3 Å². The number of hydrogen-bond acceptors (Lipinski definition) is 4. The zero-order valence-corrected chi connectivity index (χ0v) is 21.4. The van der Waals surface area contributed by atoms with E-state index >= 15 is 0 Å². The molecule has 3 aromatic rings. The Labute approximate surface area is 207 Å². The van der Waals surface area contributed by atoms with Gasteiger partial charge in [0.2, 0.25) is 5.91 Å². The molecule has 7 nitrogen and oxygen atoms in total. The number of carbonyl (C=O) groups is 1. The molecule has 1 fully saturated rings. The molecule has 0 radical (unpaired) electrons. The van der Waals surface area contributed by atoms with Crippen LogP contribution in [-0.4, -0.2) is 54.6 Å². The van der Waals surface area contributed by atoms with Crippen LogP contribution in [0, 0.1) is 11.3 Å². The second kappa shape index (κ2) is 9.78. The van der Waals surface area contributed by atoms with E-state index in [4.69, 9.17) is 9.47 Å². The topological polar surface area (TPSA) is 83.2 Å². The highest BCUT2D eigenvalue weighted by Crippen LogP contribution is 2.38. The van der Waals surface area contributed by atoms with Crippen molar-refractivity contribution in [3.8, 4) is 11.4 Å². The zero-order chi connectivity index (χ0) is 24.6. The Morgan fingerprint density at radius 1 is 1.17 bits per heavy atom. The number of aromatic amines is 2. The molecular formula is C28H38N4O3. The lowest BCUT2D eigenvalue weighted by Crippen LogP contribution is -2.40. The van der Waals surface area contributed by atoms with Crippen molar-refractivity contribution in [2.45, 2.75) is 64.9 Å². The smallest absolute Gasteiger partial charge is 0.230 e. The Bertz CT molecular complexity index is 1190. The Hall–Kier alpha value is -2.64. The van der Waals surface area contributed by atoms with Crippen LogP contribution in [0.4, 0.5) is 5.69 Å². The number of nitrogens with zero attached hydrogens (tertiary/aromatic N) is 2. The van der Waals surface area contributed by atoms with Gasteiger partial charge in [0.1, 0.15) is 5.69 Å². The summed E-state index contributed by atoms with van der Waals surface area (Å²) in [6.45, 7) is 5.69. The van der Waals surface area contributed by atoms with Crippen molar-refractivity contribution in [2.75, 3.05) is 32.3 Å². The summed E-state index contributed by atoms with van der Waals surface area (Å²) in [6, 6.07) is 8.41. The summed E-state index contributed by atoms with van der Waals surface area (Å²) < 4.78 is 10.8. The lowest BCUT2D eigenvalue weighted by atomic mass is 9.76. The van der Waals surface area contributed by atoms with Gasteiger partial charge in [0.15, 0.2) is 0 Å². The molecule has 2 aliphatic carbocycles. The number of ether oxygens (including phenoxy) is 2. The molecule has 0 aliphatic heterocycles. The van der Waals surface area contributed by atoms with Crippen LogP contribution >= 0.6 is 0 Å². The van der Waals surface area contributed by atoms with Crippen LogP contribution in [0.1, 0.15) is 57.2 Å². The number of amides is 1. The largest absolute Gasteiger partial charge is 0.383 e. The van der Waals surface area contributed by atoms with Crippen molar-refractivity contribution in [2.24, 2.45) is 11.3 Å². The van der Waals surface area contributed by atoms with Crippen LogP contribution in [0.3, 0.4) is 0 Å². The summed E-state index contributed by atoms with van der Waals surface area (Å²) >= 11 is 0. The number of hydrogen-bond donors (Lipinski definition) is 2. The second-order valence-electron chi connectivity index (χ2n) is 11.0. The van der Waals surface area contributed by atoms with Gasteiger partial charge in [-0.15, -0.1) is 0 Å². The van der Waals surface area contributed by atoms with Crippen molar-refractivity contribution in [3.05, 3.63) is 35.5 Å². The molecule has 1 saturated carbocycles. The normalized spacial score (nSPS) is 21.7. The van der Waals surface area contributed by atoms with Crippen LogP contribution in [-0.2, 0) is 27.1 Å². The van der Waals surface area contributed by atoms with E-state index in [1.807, 2.05) is 4.90 Å². The maximum atomic E-state index is 13.5. The predicted molar refractivity (Wildman–Crippen MR) is 139 cm³/mol. The minimum atomic E-state index is 0.0352. The number of benzene rings is 1. The van der Waals surface area contributed by atoms with Crippen molar-refractivity contribution in [1.29, 1.82) is 0 Å². The molecule has 5 rings (SSSR count). The Morgan fingerprint density at radius 2 is 1.97 bits per heavy atom. The number of aromatic nitrogens is 3. The summed E-state index contributed by atoms with van der Waals surface area (Å²) in [5, 5.41) is 9.09. The molecule has 1 amide bonds. The number of nitrogens with one attached hydrogen (secondary N) is 2.